The number of thioether (sulfide) groups is 1. The minimum atomic E-state index is -0.761. The summed E-state index contributed by atoms with van der Waals surface area (Å²) in [6.45, 7) is 1.54. The first kappa shape index (κ1) is 15.8. The lowest BCUT2D eigenvalue weighted by Gasteiger charge is -2.37. The van der Waals surface area contributed by atoms with E-state index in [9.17, 15) is 9.18 Å². The third-order valence-corrected chi connectivity index (χ3v) is 5.66. The molecule has 2 heterocycles. The zero-order valence-corrected chi connectivity index (χ0v) is 13.5. The van der Waals surface area contributed by atoms with E-state index >= 15 is 0 Å². The number of fused-ring (bicyclic) bond motifs is 1. The van der Waals surface area contributed by atoms with Crippen LogP contribution in [0, 0.1) is 5.82 Å². The Morgan fingerprint density at radius 3 is 2.95 bits per heavy atom. The predicted molar refractivity (Wildman–Crippen MR) is 84.5 cm³/mol. The molecule has 1 fully saturated rings. The molecule has 0 aliphatic carbocycles. The Morgan fingerprint density at radius 1 is 1.45 bits per heavy atom. The van der Waals surface area contributed by atoms with Crippen LogP contribution in [0.4, 0.5) is 4.39 Å². The van der Waals surface area contributed by atoms with E-state index in [4.69, 9.17) is 4.74 Å². The molecule has 2 N–H and O–H groups in total. The van der Waals surface area contributed by atoms with Crippen LogP contribution in [0.2, 0.25) is 0 Å². The van der Waals surface area contributed by atoms with Gasteiger partial charge >= 0.3 is 0 Å². The molecule has 6 heteroatoms. The molecule has 1 saturated heterocycles. The van der Waals surface area contributed by atoms with Crippen molar-refractivity contribution in [2.75, 3.05) is 26.0 Å². The zero-order valence-electron chi connectivity index (χ0n) is 12.7. The summed E-state index contributed by atoms with van der Waals surface area (Å²) in [7, 11) is 1.59. The molecule has 2 aliphatic rings. The molecule has 1 atom stereocenters. The number of rotatable bonds is 3. The van der Waals surface area contributed by atoms with Gasteiger partial charge < -0.3 is 15.4 Å². The van der Waals surface area contributed by atoms with E-state index in [0.29, 0.717) is 12.8 Å². The van der Waals surface area contributed by atoms with E-state index in [1.165, 1.54) is 12.1 Å². The van der Waals surface area contributed by atoms with E-state index in [-0.39, 0.29) is 17.8 Å². The van der Waals surface area contributed by atoms with Crippen LogP contribution in [-0.2, 0) is 9.53 Å². The number of piperidine rings is 1. The minimum absolute atomic E-state index is 0.0800. The number of benzene rings is 1. The third-order valence-electron chi connectivity index (χ3n) is 4.53. The molecule has 1 aromatic carbocycles. The lowest BCUT2D eigenvalue weighted by molar-refractivity contribution is -0.147. The third kappa shape index (κ3) is 3.00. The first-order valence-electron chi connectivity index (χ1n) is 7.64. The number of nitrogens with one attached hydrogen (secondary N) is 2. The van der Waals surface area contributed by atoms with Crippen LogP contribution in [-0.4, -0.2) is 37.5 Å². The van der Waals surface area contributed by atoms with Gasteiger partial charge in [-0.3, -0.25) is 4.79 Å². The first-order chi connectivity index (χ1) is 10.6. The van der Waals surface area contributed by atoms with Crippen LogP contribution in [0.25, 0.3) is 0 Å². The number of amides is 1. The van der Waals surface area contributed by atoms with Crippen LogP contribution in [0.3, 0.4) is 0 Å². The quantitative estimate of drug-likeness (QED) is 0.895. The minimum Gasteiger partial charge on any atom is -0.368 e. The van der Waals surface area contributed by atoms with Gasteiger partial charge in [-0.25, -0.2) is 4.39 Å². The fourth-order valence-electron chi connectivity index (χ4n) is 3.16. The molecule has 120 valence electrons. The maximum absolute atomic E-state index is 13.5. The van der Waals surface area contributed by atoms with E-state index in [0.717, 1.165) is 35.7 Å². The maximum Gasteiger partial charge on any atom is 0.252 e. The summed E-state index contributed by atoms with van der Waals surface area (Å²) >= 11 is 1.71. The number of hydrogen-bond acceptors (Lipinski definition) is 4. The normalized spacial score (nSPS) is 23.6. The highest BCUT2D eigenvalue weighted by Gasteiger charge is 2.41. The van der Waals surface area contributed by atoms with Crippen LogP contribution in [0.15, 0.2) is 23.1 Å². The summed E-state index contributed by atoms with van der Waals surface area (Å²) in [5.74, 6) is 0.581. The highest BCUT2D eigenvalue weighted by molar-refractivity contribution is 7.99. The Morgan fingerprint density at radius 2 is 2.23 bits per heavy atom. The van der Waals surface area contributed by atoms with Crippen molar-refractivity contribution in [3.05, 3.63) is 29.6 Å². The number of methoxy groups -OCH3 is 1. The molecule has 0 spiro atoms. The maximum atomic E-state index is 13.5. The highest BCUT2D eigenvalue weighted by Crippen LogP contribution is 2.37. The molecule has 0 radical (unpaired) electrons. The number of carbonyl (C=O) groups excluding carboxylic acids is 1. The van der Waals surface area contributed by atoms with Crippen molar-refractivity contribution in [3.8, 4) is 0 Å². The molecule has 4 nitrogen and oxygen atoms in total. The molecular formula is C16H21FN2O2S. The van der Waals surface area contributed by atoms with Gasteiger partial charge in [-0.15, -0.1) is 11.8 Å². The summed E-state index contributed by atoms with van der Waals surface area (Å²) in [5.41, 5.74) is 0.119. The highest BCUT2D eigenvalue weighted by atomic mass is 32.2. The van der Waals surface area contributed by atoms with Crippen molar-refractivity contribution in [3.63, 3.8) is 0 Å². The van der Waals surface area contributed by atoms with E-state index in [1.807, 2.05) is 0 Å². The topological polar surface area (TPSA) is 50.4 Å². The standard InChI is InChI=1S/C16H21FN2O2S/c1-21-16(5-7-18-8-6-16)15(20)19-13-4-9-22-14-3-2-11(17)10-12(13)14/h2-3,10,13,18H,4-9H2,1H3,(H,19,20). The van der Waals surface area contributed by atoms with Crippen LogP contribution < -0.4 is 10.6 Å². The first-order valence-corrected chi connectivity index (χ1v) is 8.62. The van der Waals surface area contributed by atoms with Gasteiger partial charge in [0.25, 0.3) is 5.91 Å². The van der Waals surface area contributed by atoms with Gasteiger partial charge in [0.15, 0.2) is 0 Å². The van der Waals surface area contributed by atoms with Crippen LogP contribution in [0.1, 0.15) is 30.9 Å². The zero-order chi connectivity index (χ0) is 15.6. The van der Waals surface area contributed by atoms with E-state index in [2.05, 4.69) is 10.6 Å². The van der Waals surface area contributed by atoms with Gasteiger partial charge in [0.1, 0.15) is 11.4 Å². The van der Waals surface area contributed by atoms with Crippen LogP contribution >= 0.6 is 11.8 Å². The number of carbonyl (C=O) groups is 1. The summed E-state index contributed by atoms with van der Waals surface area (Å²) in [5, 5.41) is 6.33. The Hall–Kier alpha value is -1.11. The van der Waals surface area contributed by atoms with E-state index < -0.39 is 5.60 Å². The Bertz CT molecular complexity index is 561. The van der Waals surface area contributed by atoms with Gasteiger partial charge in [-0.05, 0) is 56.1 Å². The molecule has 1 amide bonds. The number of ether oxygens (including phenoxy) is 1. The second-order valence-corrected chi connectivity index (χ2v) is 6.93. The van der Waals surface area contributed by atoms with Gasteiger partial charge in [0.2, 0.25) is 0 Å². The van der Waals surface area contributed by atoms with Crippen molar-refractivity contribution in [1.29, 1.82) is 0 Å². The fourth-order valence-corrected chi connectivity index (χ4v) is 4.27. The Kier molecular flexibility index (Phi) is 4.70. The summed E-state index contributed by atoms with van der Waals surface area (Å²) in [6, 6.07) is 4.67. The Labute approximate surface area is 134 Å². The van der Waals surface area contributed by atoms with Crippen LogP contribution in [0.5, 0.6) is 0 Å². The predicted octanol–water partition coefficient (Wildman–Crippen LogP) is 2.25. The van der Waals surface area contributed by atoms with Gasteiger partial charge in [0, 0.05) is 17.8 Å². The summed E-state index contributed by atoms with van der Waals surface area (Å²) < 4.78 is 19.1. The lowest BCUT2D eigenvalue weighted by atomic mass is 9.90. The van der Waals surface area contributed by atoms with Gasteiger partial charge in [-0.2, -0.15) is 0 Å². The van der Waals surface area contributed by atoms with Crippen molar-refractivity contribution >= 4 is 17.7 Å². The molecule has 2 aliphatic heterocycles. The largest absolute Gasteiger partial charge is 0.368 e. The molecule has 0 bridgehead atoms. The number of halogens is 1. The molecule has 22 heavy (non-hydrogen) atoms. The van der Waals surface area contributed by atoms with Crippen molar-refractivity contribution in [2.45, 2.75) is 35.8 Å². The summed E-state index contributed by atoms with van der Waals surface area (Å²) in [6.07, 6.45) is 2.13. The second-order valence-electron chi connectivity index (χ2n) is 5.79. The molecule has 0 aromatic heterocycles. The molecule has 0 saturated carbocycles. The van der Waals surface area contributed by atoms with E-state index in [1.54, 1.807) is 24.9 Å². The molecular weight excluding hydrogens is 303 g/mol. The molecule has 1 aromatic rings. The van der Waals surface area contributed by atoms with Crippen molar-refractivity contribution < 1.29 is 13.9 Å². The fraction of sp³-hybridized carbons (Fsp3) is 0.562. The van der Waals surface area contributed by atoms with Gasteiger partial charge in [0.05, 0.1) is 6.04 Å². The average Bonchev–Trinajstić information content (AvgIpc) is 2.56. The molecule has 3 rings (SSSR count). The van der Waals surface area contributed by atoms with Crippen molar-refractivity contribution in [2.24, 2.45) is 0 Å². The average molecular weight is 324 g/mol. The Balaban J connectivity index is 1.79. The number of hydrogen-bond donors (Lipinski definition) is 2. The second kappa shape index (κ2) is 6.56. The monoisotopic (exact) mass is 324 g/mol. The molecule has 1 unspecified atom stereocenters. The smallest absolute Gasteiger partial charge is 0.252 e. The lowest BCUT2D eigenvalue weighted by Crippen LogP contribution is -2.54. The van der Waals surface area contributed by atoms with Gasteiger partial charge in [-0.1, -0.05) is 0 Å². The van der Waals surface area contributed by atoms with Crippen molar-refractivity contribution in [1.82, 2.24) is 10.6 Å². The SMILES string of the molecule is COC1(C(=O)NC2CCSc3ccc(F)cc32)CCNCC1. The summed E-state index contributed by atoms with van der Waals surface area (Å²) in [4.78, 5) is 13.8.